The summed E-state index contributed by atoms with van der Waals surface area (Å²) in [6.07, 6.45) is 5.15. The fourth-order valence-electron chi connectivity index (χ4n) is 3.72. The molecule has 0 aliphatic carbocycles. The number of hydrogen-bond donors (Lipinski definition) is 2. The Morgan fingerprint density at radius 2 is 2.09 bits per heavy atom. The van der Waals surface area contributed by atoms with Crippen molar-refractivity contribution in [2.45, 2.75) is 38.5 Å². The molecule has 1 saturated heterocycles. The largest absolute Gasteiger partial charge is 0.319 e. The molecule has 1 aliphatic heterocycles. The van der Waals surface area contributed by atoms with Crippen LogP contribution in [0.5, 0.6) is 0 Å². The van der Waals surface area contributed by atoms with Crippen LogP contribution in [0.25, 0.3) is 0 Å². The van der Waals surface area contributed by atoms with Crippen molar-refractivity contribution in [1.82, 2.24) is 10.6 Å². The molecule has 2 N–H and O–H groups in total. The molecule has 3 atom stereocenters. The molecule has 4 heteroatoms. The molecule has 3 unspecified atom stereocenters. The van der Waals surface area contributed by atoms with Gasteiger partial charge in [0, 0.05) is 6.54 Å². The van der Waals surface area contributed by atoms with Crippen LogP contribution in [0.15, 0.2) is 18.2 Å². The van der Waals surface area contributed by atoms with Crippen molar-refractivity contribution in [2.24, 2.45) is 11.8 Å². The average Bonchev–Trinajstić information content (AvgIpc) is 2.52. The molecule has 0 spiro atoms. The van der Waals surface area contributed by atoms with Gasteiger partial charge in [0.1, 0.15) is 0 Å². The van der Waals surface area contributed by atoms with E-state index in [4.69, 9.17) is 23.2 Å². The van der Waals surface area contributed by atoms with Gasteiger partial charge in [0.25, 0.3) is 0 Å². The quantitative estimate of drug-likeness (QED) is 0.749. The van der Waals surface area contributed by atoms with Gasteiger partial charge in [0.2, 0.25) is 0 Å². The average molecular weight is 343 g/mol. The summed E-state index contributed by atoms with van der Waals surface area (Å²) in [7, 11) is 2.02. The lowest BCUT2D eigenvalue weighted by molar-refractivity contribution is 0.214. The first-order valence-corrected chi connectivity index (χ1v) is 9.21. The summed E-state index contributed by atoms with van der Waals surface area (Å²) in [5.74, 6) is 2.10. The maximum atomic E-state index is 6.21. The van der Waals surface area contributed by atoms with Gasteiger partial charge in [-0.2, -0.15) is 0 Å². The summed E-state index contributed by atoms with van der Waals surface area (Å²) in [6, 6.07) is 6.09. The zero-order valence-electron chi connectivity index (χ0n) is 13.7. The third-order valence-corrected chi connectivity index (χ3v) is 5.62. The first kappa shape index (κ1) is 18.1. The second kappa shape index (κ2) is 9.12. The van der Waals surface area contributed by atoms with Gasteiger partial charge in [-0.15, -0.1) is 0 Å². The Hall–Kier alpha value is -0.280. The minimum absolute atomic E-state index is 0.490. The van der Waals surface area contributed by atoms with Crippen molar-refractivity contribution in [3.05, 3.63) is 33.8 Å². The summed E-state index contributed by atoms with van der Waals surface area (Å²) in [5.41, 5.74) is 1.30. The third-order valence-electron chi connectivity index (χ3n) is 4.88. The molecular formula is C18H28Cl2N2. The van der Waals surface area contributed by atoms with Gasteiger partial charge in [-0.3, -0.25) is 0 Å². The van der Waals surface area contributed by atoms with Crippen LogP contribution >= 0.6 is 23.2 Å². The second-order valence-electron chi connectivity index (χ2n) is 6.47. The molecule has 0 radical (unpaired) electrons. The molecule has 0 aromatic heterocycles. The molecule has 22 heavy (non-hydrogen) atoms. The van der Waals surface area contributed by atoms with Crippen molar-refractivity contribution in [1.29, 1.82) is 0 Å². The zero-order valence-corrected chi connectivity index (χ0v) is 15.2. The number of likely N-dealkylation sites (N-methyl/N-ethyl adjacent to an activating group) is 1. The first-order chi connectivity index (χ1) is 10.7. The van der Waals surface area contributed by atoms with Crippen LogP contribution in [0.1, 0.15) is 44.1 Å². The Bertz CT molecular complexity index is 462. The second-order valence-corrected chi connectivity index (χ2v) is 7.28. The summed E-state index contributed by atoms with van der Waals surface area (Å²) in [6.45, 7) is 5.59. The van der Waals surface area contributed by atoms with Crippen LogP contribution in [0, 0.1) is 11.8 Å². The highest BCUT2D eigenvalue weighted by Crippen LogP contribution is 2.34. The molecule has 0 saturated carbocycles. The number of benzene rings is 1. The minimum atomic E-state index is 0.490. The summed E-state index contributed by atoms with van der Waals surface area (Å²) >= 11 is 12.3. The van der Waals surface area contributed by atoms with Gasteiger partial charge >= 0.3 is 0 Å². The highest BCUT2D eigenvalue weighted by atomic mass is 35.5. The van der Waals surface area contributed by atoms with E-state index in [1.165, 1.54) is 37.8 Å². The van der Waals surface area contributed by atoms with Gasteiger partial charge < -0.3 is 10.6 Å². The van der Waals surface area contributed by atoms with Crippen LogP contribution in [0.2, 0.25) is 10.0 Å². The number of halogens is 2. The molecule has 1 aromatic carbocycles. The molecule has 0 bridgehead atoms. The van der Waals surface area contributed by atoms with Crippen molar-refractivity contribution in [3.63, 3.8) is 0 Å². The van der Waals surface area contributed by atoms with Crippen molar-refractivity contribution < 1.29 is 0 Å². The van der Waals surface area contributed by atoms with E-state index in [-0.39, 0.29) is 0 Å². The lowest BCUT2D eigenvalue weighted by Crippen LogP contribution is -2.38. The normalized spacial score (nSPS) is 23.5. The van der Waals surface area contributed by atoms with Crippen LogP contribution in [0.4, 0.5) is 0 Å². The number of piperidine rings is 1. The number of hydrogen-bond acceptors (Lipinski definition) is 2. The molecule has 1 aliphatic rings. The third kappa shape index (κ3) is 4.86. The molecule has 2 nitrogen and oxygen atoms in total. The molecular weight excluding hydrogens is 315 g/mol. The molecule has 1 heterocycles. The summed E-state index contributed by atoms with van der Waals surface area (Å²) in [5, 5.41) is 8.21. The van der Waals surface area contributed by atoms with Crippen molar-refractivity contribution in [2.75, 3.05) is 26.7 Å². The predicted molar refractivity (Wildman–Crippen MR) is 97.1 cm³/mol. The Balaban J connectivity index is 2.11. The van der Waals surface area contributed by atoms with E-state index < -0.39 is 0 Å². The Morgan fingerprint density at radius 1 is 1.27 bits per heavy atom. The molecule has 124 valence electrons. The van der Waals surface area contributed by atoms with Crippen molar-refractivity contribution >= 4 is 23.2 Å². The highest BCUT2D eigenvalue weighted by molar-refractivity contribution is 6.42. The van der Waals surface area contributed by atoms with E-state index in [1.54, 1.807) is 0 Å². The highest BCUT2D eigenvalue weighted by Gasteiger charge is 2.27. The van der Waals surface area contributed by atoms with E-state index in [2.05, 4.69) is 23.6 Å². The summed E-state index contributed by atoms with van der Waals surface area (Å²) < 4.78 is 0. The van der Waals surface area contributed by atoms with Gasteiger partial charge in [-0.25, -0.2) is 0 Å². The number of rotatable bonds is 7. The smallest absolute Gasteiger partial charge is 0.0595 e. The molecule has 1 fully saturated rings. The molecule has 2 rings (SSSR count). The van der Waals surface area contributed by atoms with E-state index in [1.807, 2.05) is 19.2 Å². The molecule has 1 aromatic rings. The Labute approximate surface area is 145 Å². The van der Waals surface area contributed by atoms with Gasteiger partial charge in [0.05, 0.1) is 10.0 Å². The van der Waals surface area contributed by atoms with Gasteiger partial charge in [-0.1, -0.05) is 49.0 Å². The summed E-state index contributed by atoms with van der Waals surface area (Å²) in [4.78, 5) is 0. The Morgan fingerprint density at radius 3 is 2.77 bits per heavy atom. The van der Waals surface area contributed by atoms with E-state index in [0.29, 0.717) is 16.0 Å². The predicted octanol–water partition coefficient (Wildman–Crippen LogP) is 4.71. The van der Waals surface area contributed by atoms with Gasteiger partial charge in [-0.05, 0) is 68.4 Å². The zero-order chi connectivity index (χ0) is 15.9. The van der Waals surface area contributed by atoms with Crippen molar-refractivity contribution in [3.8, 4) is 0 Å². The van der Waals surface area contributed by atoms with Crippen LogP contribution in [-0.2, 0) is 0 Å². The van der Waals surface area contributed by atoms with E-state index >= 15 is 0 Å². The van der Waals surface area contributed by atoms with Crippen LogP contribution in [0.3, 0.4) is 0 Å². The standard InChI is InChI=1S/C18H28Cl2N2/c1-3-4-13-7-8-22-12-16(13)9-15(11-21-2)14-5-6-17(19)18(20)10-14/h5-6,10,13,15-16,21-22H,3-4,7-9,11-12H2,1-2H3. The van der Waals surface area contributed by atoms with Crippen LogP contribution in [-0.4, -0.2) is 26.7 Å². The SMILES string of the molecule is CCCC1CCNCC1CC(CNC)c1ccc(Cl)c(Cl)c1. The van der Waals surface area contributed by atoms with E-state index in [0.717, 1.165) is 24.9 Å². The van der Waals surface area contributed by atoms with Gasteiger partial charge in [0.15, 0.2) is 0 Å². The fourth-order valence-corrected chi connectivity index (χ4v) is 4.03. The van der Waals surface area contributed by atoms with E-state index in [9.17, 15) is 0 Å². The van der Waals surface area contributed by atoms with Crippen LogP contribution < -0.4 is 10.6 Å². The number of nitrogens with one attached hydrogen (secondary N) is 2. The lowest BCUT2D eigenvalue weighted by Gasteiger charge is -2.35. The fraction of sp³-hybridized carbons (Fsp3) is 0.667. The first-order valence-electron chi connectivity index (χ1n) is 8.46. The maximum absolute atomic E-state index is 6.21. The Kier molecular flexibility index (Phi) is 7.49. The monoisotopic (exact) mass is 342 g/mol. The maximum Gasteiger partial charge on any atom is 0.0595 e. The topological polar surface area (TPSA) is 24.1 Å². The lowest BCUT2D eigenvalue weighted by atomic mass is 9.77. The minimum Gasteiger partial charge on any atom is -0.319 e. The molecule has 0 amide bonds.